The number of hydrogen-bond donors (Lipinski definition) is 1. The van der Waals surface area contributed by atoms with Crippen LogP contribution in [0.5, 0.6) is 23.0 Å². The zero-order chi connectivity index (χ0) is 20.8. The maximum atomic E-state index is 12.7. The summed E-state index contributed by atoms with van der Waals surface area (Å²) in [4.78, 5) is 12.7. The first-order valence-electron chi connectivity index (χ1n) is 8.98. The minimum absolute atomic E-state index is 0.0655. The number of aromatic hydroxyl groups is 1. The number of benzene rings is 3. The second kappa shape index (κ2) is 8.97. The number of carbonyl (C=O) groups excluding carboxylic acids is 1. The molecule has 1 N–H and O–H groups in total. The molecule has 0 aliphatic carbocycles. The number of allylic oxidation sites excluding steroid dienone is 1. The Balaban J connectivity index is 1.92. The zero-order valence-electron chi connectivity index (χ0n) is 16.5. The number of ether oxygens (including phenoxy) is 3. The Morgan fingerprint density at radius 3 is 2.07 bits per heavy atom. The molecule has 0 atom stereocenters. The lowest BCUT2D eigenvalue weighted by atomic mass is 10.00. The van der Waals surface area contributed by atoms with E-state index in [0.29, 0.717) is 22.8 Å². The number of methoxy groups -OCH3 is 3. The molecule has 0 aliphatic rings. The molecule has 3 rings (SSSR count). The third-order valence-electron chi connectivity index (χ3n) is 4.48. The van der Waals surface area contributed by atoms with Crippen molar-refractivity contribution in [3.8, 4) is 34.1 Å². The van der Waals surface area contributed by atoms with Crippen LogP contribution in [0.3, 0.4) is 0 Å². The topological polar surface area (TPSA) is 65.0 Å². The standard InChI is InChI=1S/C24H22O5/c1-27-22-13-16(14-23(28-2)24(22)29-3)9-11-20(25)19-15-18(10-12-21(19)26)17-7-5-4-6-8-17/h4-15,26H,1-3H3/b11-9+. The van der Waals surface area contributed by atoms with Crippen LogP contribution in [0.1, 0.15) is 15.9 Å². The fourth-order valence-corrected chi connectivity index (χ4v) is 3.00. The lowest BCUT2D eigenvalue weighted by Gasteiger charge is -2.12. The van der Waals surface area contributed by atoms with Gasteiger partial charge in [-0.05, 0) is 47.0 Å². The SMILES string of the molecule is COc1cc(/C=C/C(=O)c2cc(-c3ccccc3)ccc2O)cc(OC)c1OC. The fraction of sp³-hybridized carbons (Fsp3) is 0.125. The van der Waals surface area contributed by atoms with Crippen LogP contribution >= 0.6 is 0 Å². The summed E-state index contributed by atoms with van der Waals surface area (Å²) >= 11 is 0. The minimum Gasteiger partial charge on any atom is -0.507 e. The monoisotopic (exact) mass is 390 g/mol. The number of hydrogen-bond acceptors (Lipinski definition) is 5. The van der Waals surface area contributed by atoms with Crippen LogP contribution in [0.25, 0.3) is 17.2 Å². The normalized spacial score (nSPS) is 10.7. The van der Waals surface area contributed by atoms with Gasteiger partial charge in [0.15, 0.2) is 17.3 Å². The third kappa shape index (κ3) is 4.41. The van der Waals surface area contributed by atoms with E-state index in [4.69, 9.17) is 14.2 Å². The Kier molecular flexibility index (Phi) is 6.19. The average molecular weight is 390 g/mol. The van der Waals surface area contributed by atoms with Crippen LogP contribution in [0.15, 0.2) is 66.7 Å². The first-order chi connectivity index (χ1) is 14.1. The van der Waals surface area contributed by atoms with Crippen molar-refractivity contribution in [2.45, 2.75) is 0 Å². The molecule has 0 aliphatic heterocycles. The van der Waals surface area contributed by atoms with Gasteiger partial charge in [-0.1, -0.05) is 42.5 Å². The first kappa shape index (κ1) is 20.0. The highest BCUT2D eigenvalue weighted by molar-refractivity contribution is 6.09. The van der Waals surface area contributed by atoms with Crippen LogP contribution in [0, 0.1) is 0 Å². The van der Waals surface area contributed by atoms with Crippen LogP contribution in [0.2, 0.25) is 0 Å². The number of phenolic OH excluding ortho intramolecular Hbond substituents is 1. The molecule has 0 spiro atoms. The summed E-state index contributed by atoms with van der Waals surface area (Å²) in [7, 11) is 4.59. The smallest absolute Gasteiger partial charge is 0.203 e. The molecular weight excluding hydrogens is 368 g/mol. The van der Waals surface area contributed by atoms with Crippen LogP contribution in [-0.4, -0.2) is 32.2 Å². The average Bonchev–Trinajstić information content (AvgIpc) is 2.77. The van der Waals surface area contributed by atoms with Gasteiger partial charge in [0, 0.05) is 0 Å². The summed E-state index contributed by atoms with van der Waals surface area (Å²) in [6.07, 6.45) is 3.05. The highest BCUT2D eigenvalue weighted by atomic mass is 16.5. The molecule has 0 heterocycles. The summed E-state index contributed by atoms with van der Waals surface area (Å²) in [5.74, 6) is 1.09. The van der Waals surface area contributed by atoms with Gasteiger partial charge < -0.3 is 19.3 Å². The van der Waals surface area contributed by atoms with Crippen molar-refractivity contribution in [1.82, 2.24) is 0 Å². The molecule has 3 aromatic rings. The van der Waals surface area contributed by atoms with Gasteiger partial charge in [0.25, 0.3) is 0 Å². The van der Waals surface area contributed by atoms with E-state index in [2.05, 4.69) is 0 Å². The summed E-state index contributed by atoms with van der Waals surface area (Å²) in [6, 6.07) is 18.2. The second-order valence-corrected chi connectivity index (χ2v) is 6.25. The Labute approximate surface area is 169 Å². The molecular formula is C24H22O5. The lowest BCUT2D eigenvalue weighted by molar-refractivity contribution is 0.104. The molecule has 148 valence electrons. The largest absolute Gasteiger partial charge is 0.507 e. The predicted molar refractivity (Wildman–Crippen MR) is 113 cm³/mol. The van der Waals surface area contributed by atoms with E-state index < -0.39 is 0 Å². The number of phenols is 1. The van der Waals surface area contributed by atoms with E-state index in [-0.39, 0.29) is 17.1 Å². The van der Waals surface area contributed by atoms with Gasteiger partial charge in [-0.2, -0.15) is 0 Å². The second-order valence-electron chi connectivity index (χ2n) is 6.25. The molecule has 0 bridgehead atoms. The van der Waals surface area contributed by atoms with Gasteiger partial charge in [-0.25, -0.2) is 0 Å². The molecule has 5 nitrogen and oxygen atoms in total. The first-order valence-corrected chi connectivity index (χ1v) is 8.98. The van der Waals surface area contributed by atoms with E-state index in [0.717, 1.165) is 11.1 Å². The number of ketones is 1. The zero-order valence-corrected chi connectivity index (χ0v) is 16.5. The van der Waals surface area contributed by atoms with Crippen molar-refractivity contribution in [3.63, 3.8) is 0 Å². The molecule has 0 saturated carbocycles. The highest BCUT2D eigenvalue weighted by Gasteiger charge is 2.13. The Bertz CT molecular complexity index is 1010. The van der Waals surface area contributed by atoms with Crippen molar-refractivity contribution in [1.29, 1.82) is 0 Å². The van der Waals surface area contributed by atoms with Crippen LogP contribution in [0.4, 0.5) is 0 Å². The summed E-state index contributed by atoms with van der Waals surface area (Å²) in [6.45, 7) is 0. The molecule has 0 aromatic heterocycles. The number of rotatable bonds is 7. The quantitative estimate of drug-likeness (QED) is 0.455. The van der Waals surface area contributed by atoms with E-state index in [1.54, 1.807) is 30.3 Å². The van der Waals surface area contributed by atoms with Gasteiger partial charge in [0.2, 0.25) is 5.75 Å². The molecule has 29 heavy (non-hydrogen) atoms. The minimum atomic E-state index is -0.311. The van der Waals surface area contributed by atoms with E-state index >= 15 is 0 Å². The predicted octanol–water partition coefficient (Wildman–Crippen LogP) is 4.98. The Morgan fingerprint density at radius 1 is 0.828 bits per heavy atom. The highest BCUT2D eigenvalue weighted by Crippen LogP contribution is 2.38. The van der Waals surface area contributed by atoms with Crippen LogP contribution < -0.4 is 14.2 Å². The molecule has 0 saturated heterocycles. The van der Waals surface area contributed by atoms with Crippen molar-refractivity contribution in [2.75, 3.05) is 21.3 Å². The van der Waals surface area contributed by atoms with E-state index in [9.17, 15) is 9.90 Å². The maximum Gasteiger partial charge on any atom is 0.203 e. The van der Waals surface area contributed by atoms with Crippen LogP contribution in [-0.2, 0) is 0 Å². The Hall–Kier alpha value is -3.73. The van der Waals surface area contributed by atoms with E-state index in [1.807, 2.05) is 30.3 Å². The Morgan fingerprint density at radius 2 is 1.48 bits per heavy atom. The van der Waals surface area contributed by atoms with Gasteiger partial charge in [0.05, 0.1) is 26.9 Å². The van der Waals surface area contributed by atoms with Gasteiger partial charge in [-0.15, -0.1) is 0 Å². The fourth-order valence-electron chi connectivity index (χ4n) is 3.00. The molecule has 0 radical (unpaired) electrons. The van der Waals surface area contributed by atoms with Crippen molar-refractivity contribution >= 4 is 11.9 Å². The number of carbonyl (C=O) groups is 1. The van der Waals surface area contributed by atoms with Crippen molar-refractivity contribution in [3.05, 3.63) is 77.9 Å². The van der Waals surface area contributed by atoms with Crippen molar-refractivity contribution in [2.24, 2.45) is 0 Å². The third-order valence-corrected chi connectivity index (χ3v) is 4.48. The van der Waals surface area contributed by atoms with Gasteiger partial charge in [0.1, 0.15) is 5.75 Å². The van der Waals surface area contributed by atoms with Crippen molar-refractivity contribution < 1.29 is 24.1 Å². The summed E-state index contributed by atoms with van der Waals surface area (Å²) in [5, 5.41) is 10.2. The molecule has 0 fully saturated rings. The van der Waals surface area contributed by atoms with Gasteiger partial charge >= 0.3 is 0 Å². The molecule has 5 heteroatoms. The van der Waals surface area contributed by atoms with Gasteiger partial charge in [-0.3, -0.25) is 4.79 Å². The summed E-state index contributed by atoms with van der Waals surface area (Å²) < 4.78 is 16.0. The molecule has 0 unspecified atom stereocenters. The maximum absolute atomic E-state index is 12.7. The summed E-state index contributed by atoms with van der Waals surface area (Å²) in [5.41, 5.74) is 2.75. The molecule has 0 amide bonds. The molecule has 3 aromatic carbocycles. The van der Waals surface area contributed by atoms with E-state index in [1.165, 1.54) is 33.5 Å². The lowest BCUT2D eigenvalue weighted by Crippen LogP contribution is -1.97.